The van der Waals surface area contributed by atoms with Gasteiger partial charge in [-0.25, -0.2) is 0 Å². The Kier molecular flexibility index (Phi) is 11.0. The average Bonchev–Trinajstić information content (AvgIpc) is 3.35. The normalized spacial score (nSPS) is 13.2. The SMILES string of the molecule is CC.CC(N)Cc1ccc2c(c1)C(=O)N(c1ccc3c(ccn3C)c1)C2.CCCCCCS. The second-order valence-corrected chi connectivity index (χ2v) is 8.97. The molecule has 0 saturated heterocycles. The van der Waals surface area contributed by atoms with Crippen LogP contribution in [0.15, 0.2) is 48.7 Å². The summed E-state index contributed by atoms with van der Waals surface area (Å²) in [6, 6.07) is 14.5. The molecule has 3 aromatic rings. The van der Waals surface area contributed by atoms with Gasteiger partial charge < -0.3 is 15.2 Å². The number of unbranched alkanes of at least 4 members (excludes halogenated alkanes) is 3. The molecule has 4 rings (SSSR count). The minimum absolute atomic E-state index is 0.0757. The minimum Gasteiger partial charge on any atom is -0.351 e. The summed E-state index contributed by atoms with van der Waals surface area (Å²) >= 11 is 4.09. The maximum atomic E-state index is 12.9. The quantitative estimate of drug-likeness (QED) is 0.298. The van der Waals surface area contributed by atoms with E-state index in [1.54, 1.807) is 0 Å². The Balaban J connectivity index is 0.000000370. The minimum atomic E-state index is 0.0757. The zero-order valence-corrected chi connectivity index (χ0v) is 21.9. The van der Waals surface area contributed by atoms with Crippen LogP contribution in [0.4, 0.5) is 5.69 Å². The van der Waals surface area contributed by atoms with Gasteiger partial charge >= 0.3 is 0 Å². The van der Waals surface area contributed by atoms with Crippen molar-refractivity contribution in [3.63, 3.8) is 0 Å². The fourth-order valence-electron chi connectivity index (χ4n) is 4.03. The fourth-order valence-corrected chi connectivity index (χ4v) is 4.25. The van der Waals surface area contributed by atoms with Crippen LogP contribution in [-0.4, -0.2) is 22.3 Å². The molecule has 1 aliphatic rings. The van der Waals surface area contributed by atoms with Gasteiger partial charge in [0.2, 0.25) is 0 Å². The predicted molar refractivity (Wildman–Crippen MR) is 147 cm³/mol. The van der Waals surface area contributed by atoms with Crippen molar-refractivity contribution in [1.29, 1.82) is 0 Å². The third-order valence-electron chi connectivity index (χ3n) is 5.73. The monoisotopic (exact) mass is 467 g/mol. The third kappa shape index (κ3) is 7.12. The third-order valence-corrected chi connectivity index (χ3v) is 6.04. The average molecular weight is 468 g/mol. The molecular formula is C28H41N3OS. The summed E-state index contributed by atoms with van der Waals surface area (Å²) in [5.74, 6) is 1.13. The van der Waals surface area contributed by atoms with Gasteiger partial charge in [-0.2, -0.15) is 12.6 Å². The molecule has 0 bridgehead atoms. The van der Waals surface area contributed by atoms with E-state index in [0.29, 0.717) is 6.54 Å². The van der Waals surface area contributed by atoms with E-state index in [1.807, 2.05) is 51.0 Å². The van der Waals surface area contributed by atoms with Gasteiger partial charge in [0, 0.05) is 41.4 Å². The number of amides is 1. The molecule has 4 nitrogen and oxygen atoms in total. The highest BCUT2D eigenvalue weighted by atomic mass is 32.1. The van der Waals surface area contributed by atoms with Gasteiger partial charge in [-0.3, -0.25) is 4.79 Å². The molecule has 1 aromatic heterocycles. The first-order chi connectivity index (χ1) is 15.9. The molecule has 0 spiro atoms. The maximum absolute atomic E-state index is 12.9. The molecule has 0 aliphatic carbocycles. The first-order valence-electron chi connectivity index (χ1n) is 12.3. The van der Waals surface area contributed by atoms with E-state index >= 15 is 0 Å². The van der Waals surface area contributed by atoms with Crippen LogP contribution in [0.3, 0.4) is 0 Å². The van der Waals surface area contributed by atoms with Gasteiger partial charge in [0.05, 0.1) is 6.54 Å². The van der Waals surface area contributed by atoms with Crippen LogP contribution in [-0.2, 0) is 20.0 Å². The van der Waals surface area contributed by atoms with Crippen molar-refractivity contribution in [3.8, 4) is 0 Å². The van der Waals surface area contributed by atoms with E-state index in [2.05, 4.69) is 54.5 Å². The lowest BCUT2D eigenvalue weighted by molar-refractivity contribution is 0.0996. The maximum Gasteiger partial charge on any atom is 0.258 e. The Morgan fingerprint density at radius 3 is 2.48 bits per heavy atom. The Labute approximate surface area is 205 Å². The van der Waals surface area contributed by atoms with E-state index in [0.717, 1.165) is 39.9 Å². The summed E-state index contributed by atoms with van der Waals surface area (Å²) < 4.78 is 2.08. The second kappa shape index (κ2) is 13.5. The summed E-state index contributed by atoms with van der Waals surface area (Å²) in [7, 11) is 2.03. The number of hydrogen-bond acceptors (Lipinski definition) is 3. The molecule has 1 unspecified atom stereocenters. The topological polar surface area (TPSA) is 51.3 Å². The summed E-state index contributed by atoms with van der Waals surface area (Å²) in [4.78, 5) is 14.7. The Morgan fingerprint density at radius 2 is 1.82 bits per heavy atom. The van der Waals surface area contributed by atoms with E-state index in [-0.39, 0.29) is 11.9 Å². The van der Waals surface area contributed by atoms with Crippen molar-refractivity contribution < 1.29 is 4.79 Å². The largest absolute Gasteiger partial charge is 0.351 e. The molecule has 1 atom stereocenters. The van der Waals surface area contributed by atoms with E-state index < -0.39 is 0 Å². The number of benzene rings is 2. The molecule has 0 saturated carbocycles. The van der Waals surface area contributed by atoms with E-state index in [4.69, 9.17) is 5.73 Å². The highest BCUT2D eigenvalue weighted by Gasteiger charge is 2.28. The Hall–Kier alpha value is -2.24. The first-order valence-corrected chi connectivity index (χ1v) is 12.9. The van der Waals surface area contributed by atoms with Gasteiger partial charge in [-0.15, -0.1) is 0 Å². The Bertz CT molecular complexity index is 1020. The van der Waals surface area contributed by atoms with Crippen LogP contribution in [0.2, 0.25) is 0 Å². The van der Waals surface area contributed by atoms with E-state index in [9.17, 15) is 4.79 Å². The van der Waals surface area contributed by atoms with Gasteiger partial charge in [0.1, 0.15) is 0 Å². The van der Waals surface area contributed by atoms with Crippen molar-refractivity contribution in [2.75, 3.05) is 10.7 Å². The number of nitrogens with zero attached hydrogens (tertiary/aromatic N) is 2. The van der Waals surface area contributed by atoms with Crippen molar-refractivity contribution in [3.05, 3.63) is 65.4 Å². The fraction of sp³-hybridized carbons (Fsp3) is 0.464. The molecule has 2 N–H and O–H groups in total. The Morgan fingerprint density at radius 1 is 1.06 bits per heavy atom. The van der Waals surface area contributed by atoms with Crippen LogP contribution < -0.4 is 10.6 Å². The molecule has 33 heavy (non-hydrogen) atoms. The molecule has 5 heteroatoms. The molecule has 0 fully saturated rings. The lowest BCUT2D eigenvalue weighted by Gasteiger charge is -2.16. The van der Waals surface area contributed by atoms with Crippen molar-refractivity contribution >= 4 is 35.1 Å². The van der Waals surface area contributed by atoms with Gasteiger partial charge in [-0.05, 0) is 67.0 Å². The van der Waals surface area contributed by atoms with Crippen LogP contribution in [0.1, 0.15) is 74.9 Å². The van der Waals surface area contributed by atoms with Gasteiger partial charge in [0.15, 0.2) is 0 Å². The summed E-state index contributed by atoms with van der Waals surface area (Å²) in [6.45, 7) is 8.83. The number of aromatic nitrogens is 1. The zero-order chi connectivity index (χ0) is 24.4. The number of carbonyl (C=O) groups is 1. The highest BCUT2D eigenvalue weighted by Crippen LogP contribution is 2.31. The molecule has 180 valence electrons. The number of nitrogens with two attached hydrogens (primary N) is 1. The predicted octanol–water partition coefficient (Wildman–Crippen LogP) is 6.75. The lowest BCUT2D eigenvalue weighted by Crippen LogP contribution is -2.23. The highest BCUT2D eigenvalue weighted by molar-refractivity contribution is 7.80. The first kappa shape index (κ1) is 27.0. The number of thiol groups is 1. The second-order valence-electron chi connectivity index (χ2n) is 8.52. The van der Waals surface area contributed by atoms with Crippen molar-refractivity contribution in [1.82, 2.24) is 4.57 Å². The summed E-state index contributed by atoms with van der Waals surface area (Å²) in [5.41, 5.74) is 11.0. The number of anilines is 1. The molecule has 1 aliphatic heterocycles. The van der Waals surface area contributed by atoms with Crippen molar-refractivity contribution in [2.45, 2.75) is 72.4 Å². The zero-order valence-electron chi connectivity index (χ0n) is 21.0. The standard InChI is InChI=1S/C20H21N3O.C6H14S.C2H6/c1-13(21)9-14-3-4-16-12-23(20(24)18(16)10-14)17-5-6-19-15(11-17)7-8-22(19)2;1-2-3-4-5-6-7;1-2/h3-8,10-11,13H,9,12,21H2,1-2H3;7H,2-6H2,1H3;1-2H3. The molecule has 2 aromatic carbocycles. The number of fused-ring (bicyclic) bond motifs is 2. The van der Waals surface area contributed by atoms with Crippen LogP contribution in [0, 0.1) is 0 Å². The van der Waals surface area contributed by atoms with Crippen molar-refractivity contribution in [2.24, 2.45) is 12.8 Å². The number of hydrogen-bond donors (Lipinski definition) is 2. The lowest BCUT2D eigenvalue weighted by atomic mass is 10.0. The molecule has 0 radical (unpaired) electrons. The molecule has 1 amide bonds. The smallest absolute Gasteiger partial charge is 0.258 e. The number of aryl methyl sites for hydroxylation is 1. The molecular weight excluding hydrogens is 426 g/mol. The number of rotatable bonds is 7. The number of carbonyl (C=O) groups excluding carboxylic acids is 1. The van der Waals surface area contributed by atoms with E-state index in [1.165, 1.54) is 31.2 Å². The summed E-state index contributed by atoms with van der Waals surface area (Å²) in [5, 5.41) is 1.15. The van der Waals surface area contributed by atoms with Gasteiger partial charge in [0.25, 0.3) is 5.91 Å². The van der Waals surface area contributed by atoms with Crippen LogP contribution in [0.5, 0.6) is 0 Å². The molecule has 2 heterocycles. The van der Waals surface area contributed by atoms with Crippen LogP contribution in [0.25, 0.3) is 10.9 Å². The summed E-state index contributed by atoms with van der Waals surface area (Å²) in [6.07, 6.45) is 8.18. The van der Waals surface area contributed by atoms with Crippen LogP contribution >= 0.6 is 12.6 Å². The van der Waals surface area contributed by atoms with Gasteiger partial charge in [-0.1, -0.05) is 52.2 Å².